The Morgan fingerprint density at radius 2 is 1.67 bits per heavy atom. The Bertz CT molecular complexity index is 408. The van der Waals surface area contributed by atoms with E-state index in [-0.39, 0.29) is 17.9 Å². The Morgan fingerprint density at radius 3 is 2.22 bits per heavy atom. The minimum Gasteiger partial charge on any atom is -0.277 e. The normalized spacial score (nSPS) is 28.2. The Labute approximate surface area is 106 Å². The van der Waals surface area contributed by atoms with Crippen LogP contribution in [-0.2, 0) is 9.59 Å². The van der Waals surface area contributed by atoms with E-state index in [1.165, 1.54) is 11.3 Å². The summed E-state index contributed by atoms with van der Waals surface area (Å²) in [6.07, 6.45) is 7.12. The molecule has 0 aromatic heterocycles. The van der Waals surface area contributed by atoms with Crippen LogP contribution < -0.4 is 5.32 Å². The second-order valence-electron chi connectivity index (χ2n) is 5.66. The van der Waals surface area contributed by atoms with Crippen molar-refractivity contribution < 1.29 is 14.4 Å². The lowest BCUT2D eigenvalue weighted by Crippen LogP contribution is -2.68. The standard InChI is InChI=1S/C13H18N2O3/c16-10-13(7-4-8-13)11(17)15(12(18)14-10)9-5-2-1-3-6-9/h9H,1-8H2,(H,14,16,18). The van der Waals surface area contributed by atoms with Crippen molar-refractivity contribution in [2.75, 3.05) is 0 Å². The van der Waals surface area contributed by atoms with Crippen LogP contribution in [0.4, 0.5) is 4.79 Å². The van der Waals surface area contributed by atoms with Crippen molar-refractivity contribution >= 4 is 17.8 Å². The van der Waals surface area contributed by atoms with E-state index in [9.17, 15) is 14.4 Å². The predicted octanol–water partition coefficient (Wildman–Crippen LogP) is 1.57. The topological polar surface area (TPSA) is 66.5 Å². The van der Waals surface area contributed by atoms with E-state index in [2.05, 4.69) is 5.32 Å². The van der Waals surface area contributed by atoms with Gasteiger partial charge in [0.05, 0.1) is 0 Å². The predicted molar refractivity (Wildman–Crippen MR) is 63.5 cm³/mol. The molecular weight excluding hydrogens is 232 g/mol. The van der Waals surface area contributed by atoms with Crippen LogP contribution in [0.25, 0.3) is 0 Å². The lowest BCUT2D eigenvalue weighted by atomic mass is 9.66. The molecule has 1 spiro atoms. The monoisotopic (exact) mass is 250 g/mol. The number of imide groups is 2. The molecule has 0 atom stereocenters. The molecule has 3 fully saturated rings. The van der Waals surface area contributed by atoms with Gasteiger partial charge in [-0.3, -0.25) is 19.8 Å². The molecule has 98 valence electrons. The fourth-order valence-corrected chi connectivity index (χ4v) is 3.34. The molecule has 0 radical (unpaired) electrons. The third-order valence-electron chi connectivity index (χ3n) is 4.65. The van der Waals surface area contributed by atoms with Gasteiger partial charge in [0, 0.05) is 6.04 Å². The van der Waals surface area contributed by atoms with Crippen LogP contribution in [0.15, 0.2) is 0 Å². The van der Waals surface area contributed by atoms with Crippen molar-refractivity contribution in [1.82, 2.24) is 10.2 Å². The van der Waals surface area contributed by atoms with Gasteiger partial charge < -0.3 is 0 Å². The number of amides is 4. The van der Waals surface area contributed by atoms with E-state index >= 15 is 0 Å². The number of carbonyl (C=O) groups is 3. The van der Waals surface area contributed by atoms with Gasteiger partial charge in [-0.15, -0.1) is 0 Å². The van der Waals surface area contributed by atoms with Gasteiger partial charge in [0.15, 0.2) is 0 Å². The van der Waals surface area contributed by atoms with Crippen molar-refractivity contribution in [2.45, 2.75) is 57.4 Å². The lowest BCUT2D eigenvalue weighted by molar-refractivity contribution is -0.159. The maximum absolute atomic E-state index is 12.5. The van der Waals surface area contributed by atoms with E-state index in [1.54, 1.807) is 0 Å². The largest absolute Gasteiger partial charge is 0.331 e. The van der Waals surface area contributed by atoms with Crippen LogP contribution in [0.3, 0.4) is 0 Å². The minimum atomic E-state index is -0.911. The maximum Gasteiger partial charge on any atom is 0.331 e. The van der Waals surface area contributed by atoms with Crippen molar-refractivity contribution in [2.24, 2.45) is 5.41 Å². The Hall–Kier alpha value is -1.39. The van der Waals surface area contributed by atoms with Gasteiger partial charge >= 0.3 is 6.03 Å². The number of rotatable bonds is 1. The number of nitrogens with one attached hydrogen (secondary N) is 1. The minimum absolute atomic E-state index is 0.00294. The summed E-state index contributed by atoms with van der Waals surface area (Å²) >= 11 is 0. The molecule has 18 heavy (non-hydrogen) atoms. The number of carbonyl (C=O) groups excluding carboxylic acids is 3. The molecule has 4 amide bonds. The molecule has 0 aromatic rings. The molecule has 3 rings (SSSR count). The molecule has 5 nitrogen and oxygen atoms in total. The zero-order chi connectivity index (χ0) is 12.8. The van der Waals surface area contributed by atoms with Crippen molar-refractivity contribution in [1.29, 1.82) is 0 Å². The lowest BCUT2D eigenvalue weighted by Gasteiger charge is -2.47. The zero-order valence-electron chi connectivity index (χ0n) is 10.4. The van der Waals surface area contributed by atoms with Crippen molar-refractivity contribution in [3.05, 3.63) is 0 Å². The summed E-state index contributed by atoms with van der Waals surface area (Å²) in [6, 6.07) is -0.508. The Morgan fingerprint density at radius 1 is 1.00 bits per heavy atom. The van der Waals surface area contributed by atoms with E-state index in [1.807, 2.05) is 0 Å². The molecule has 0 aromatic carbocycles. The van der Waals surface area contributed by atoms with Gasteiger partial charge in [-0.1, -0.05) is 25.7 Å². The summed E-state index contributed by atoms with van der Waals surface area (Å²) in [5.74, 6) is -0.620. The van der Waals surface area contributed by atoms with Crippen molar-refractivity contribution in [3.8, 4) is 0 Å². The highest BCUT2D eigenvalue weighted by molar-refractivity contribution is 6.19. The summed E-state index contributed by atoms with van der Waals surface area (Å²) in [4.78, 5) is 37.6. The highest BCUT2D eigenvalue weighted by Gasteiger charge is 2.58. The molecular formula is C13H18N2O3. The van der Waals surface area contributed by atoms with E-state index in [0.29, 0.717) is 12.8 Å². The van der Waals surface area contributed by atoms with Gasteiger partial charge in [0.2, 0.25) is 11.8 Å². The van der Waals surface area contributed by atoms with Crippen molar-refractivity contribution in [3.63, 3.8) is 0 Å². The zero-order valence-corrected chi connectivity index (χ0v) is 10.4. The molecule has 0 unspecified atom stereocenters. The summed E-state index contributed by atoms with van der Waals surface area (Å²) in [7, 11) is 0. The molecule has 3 aliphatic rings. The quantitative estimate of drug-likeness (QED) is 0.718. The first-order chi connectivity index (χ1) is 8.65. The maximum atomic E-state index is 12.5. The van der Waals surface area contributed by atoms with Crippen LogP contribution >= 0.6 is 0 Å². The summed E-state index contributed by atoms with van der Waals surface area (Å²) < 4.78 is 0. The second kappa shape index (κ2) is 4.07. The van der Waals surface area contributed by atoms with Crippen LogP contribution in [-0.4, -0.2) is 28.8 Å². The number of barbiturate groups is 1. The number of hydrogen-bond donors (Lipinski definition) is 1. The van der Waals surface area contributed by atoms with Crippen LogP contribution in [0, 0.1) is 5.41 Å². The first-order valence-electron chi connectivity index (χ1n) is 6.84. The average molecular weight is 250 g/mol. The molecule has 1 saturated heterocycles. The number of hydrogen-bond acceptors (Lipinski definition) is 3. The molecule has 1 heterocycles. The molecule has 1 N–H and O–H groups in total. The fourth-order valence-electron chi connectivity index (χ4n) is 3.34. The summed E-state index contributed by atoms with van der Waals surface area (Å²) in [5, 5.41) is 2.38. The highest BCUT2D eigenvalue weighted by atomic mass is 16.2. The van der Waals surface area contributed by atoms with E-state index < -0.39 is 11.4 Å². The van der Waals surface area contributed by atoms with Crippen LogP contribution in [0.2, 0.25) is 0 Å². The third-order valence-corrected chi connectivity index (χ3v) is 4.65. The number of nitrogens with zero attached hydrogens (tertiary/aromatic N) is 1. The van der Waals surface area contributed by atoms with Gasteiger partial charge in [0.25, 0.3) is 0 Å². The third kappa shape index (κ3) is 1.49. The first-order valence-corrected chi connectivity index (χ1v) is 6.84. The second-order valence-corrected chi connectivity index (χ2v) is 5.66. The summed E-state index contributed by atoms with van der Waals surface area (Å²) in [6.45, 7) is 0. The average Bonchev–Trinajstić information content (AvgIpc) is 2.28. The van der Waals surface area contributed by atoms with E-state index in [0.717, 1.165) is 32.1 Å². The van der Waals surface area contributed by atoms with Gasteiger partial charge in [0.1, 0.15) is 5.41 Å². The molecule has 1 aliphatic heterocycles. The molecule has 2 saturated carbocycles. The van der Waals surface area contributed by atoms with Gasteiger partial charge in [-0.05, 0) is 25.7 Å². The first kappa shape index (κ1) is 11.7. The van der Waals surface area contributed by atoms with Crippen LogP contribution in [0.5, 0.6) is 0 Å². The number of urea groups is 1. The fraction of sp³-hybridized carbons (Fsp3) is 0.769. The molecule has 5 heteroatoms. The Balaban J connectivity index is 1.86. The highest BCUT2D eigenvalue weighted by Crippen LogP contribution is 2.45. The van der Waals surface area contributed by atoms with Crippen LogP contribution in [0.1, 0.15) is 51.4 Å². The molecule has 2 aliphatic carbocycles. The van der Waals surface area contributed by atoms with E-state index in [4.69, 9.17) is 0 Å². The van der Waals surface area contributed by atoms with Gasteiger partial charge in [-0.25, -0.2) is 4.79 Å². The summed E-state index contributed by atoms with van der Waals surface area (Å²) in [5.41, 5.74) is -0.911. The molecule has 0 bridgehead atoms. The Kier molecular flexibility index (Phi) is 2.64. The SMILES string of the molecule is O=C1NC(=O)C2(CCC2)C(=O)N1C1CCCCC1. The smallest absolute Gasteiger partial charge is 0.277 e. The van der Waals surface area contributed by atoms with Gasteiger partial charge in [-0.2, -0.15) is 0 Å².